The van der Waals surface area contributed by atoms with Crippen molar-refractivity contribution in [2.45, 2.75) is 113 Å². The van der Waals surface area contributed by atoms with Crippen LogP contribution in [0.25, 0.3) is 0 Å². The van der Waals surface area contributed by atoms with Gasteiger partial charge in [0.25, 0.3) is 0 Å². The summed E-state index contributed by atoms with van der Waals surface area (Å²) < 4.78 is 0. The number of carbonyl (C=O) groups excluding carboxylic acids is 9. The number of phenolic OH excluding ortho intramolecular Hbond substituents is 2. The molecule has 3 aromatic carbocycles. The van der Waals surface area contributed by atoms with Gasteiger partial charge in [-0.25, -0.2) is 9.78 Å². The normalized spacial score (nSPS) is 15.7. The van der Waals surface area contributed by atoms with Gasteiger partial charge < -0.3 is 74.3 Å². The second kappa shape index (κ2) is 29.7. The van der Waals surface area contributed by atoms with Crippen LogP contribution in [-0.2, 0) is 73.6 Å². The predicted molar refractivity (Wildman–Crippen MR) is 283 cm³/mol. The first kappa shape index (κ1) is 60.3. The lowest BCUT2D eigenvalue weighted by Crippen LogP contribution is -2.61. The molecule has 418 valence electrons. The highest BCUT2D eigenvalue weighted by Gasteiger charge is 2.41. The number of rotatable bonds is 30. The Balaban J connectivity index is 1.39. The number of benzene rings is 3. The van der Waals surface area contributed by atoms with Crippen LogP contribution in [-0.4, -0.2) is 156 Å². The number of nitrogens with two attached hydrogens (primary N) is 3. The third-order valence-corrected chi connectivity index (χ3v) is 13.3. The molecule has 0 bridgehead atoms. The largest absolute Gasteiger partial charge is 0.508 e. The minimum Gasteiger partial charge on any atom is -0.508 e. The smallest absolute Gasteiger partial charge is 0.326 e. The van der Waals surface area contributed by atoms with Crippen molar-refractivity contribution in [3.05, 3.63) is 114 Å². The van der Waals surface area contributed by atoms with E-state index in [1.165, 1.54) is 77.7 Å². The van der Waals surface area contributed by atoms with Crippen LogP contribution in [0.5, 0.6) is 11.5 Å². The molecule has 8 atom stereocenters. The van der Waals surface area contributed by atoms with Gasteiger partial charge >= 0.3 is 5.97 Å². The number of carboxylic acids is 1. The fraction of sp³-hybridized carbons (Fsp3) is 0.404. The van der Waals surface area contributed by atoms with Gasteiger partial charge in [-0.1, -0.05) is 54.6 Å². The first-order valence-electron chi connectivity index (χ1n) is 24.9. The summed E-state index contributed by atoms with van der Waals surface area (Å²) in [5, 5.41) is 45.4. The SMILES string of the molecule is CSCC[C@@H](NC(=O)[C@H](N)Cc1cnc[nH]1)C(=O)N[C@H](CC(N)=O)C(=O)N1CCC[C@H]1C(=O)N[C@H](Cc1ccccc1)C(=O)N[C@H](Cc1ccc(O)cc1)C(=O)N[C@H](Cc1ccc(O)cc1)C(=O)N[C@H](CCC(N)=O)C(=O)O. The van der Waals surface area contributed by atoms with Crippen molar-refractivity contribution >= 4 is 70.9 Å². The first-order valence-corrected chi connectivity index (χ1v) is 26.3. The highest BCUT2D eigenvalue weighted by Crippen LogP contribution is 2.21. The Morgan fingerprint density at radius 1 is 0.641 bits per heavy atom. The number of amides is 9. The molecule has 1 aliphatic rings. The maximum atomic E-state index is 14.7. The Labute approximate surface area is 453 Å². The van der Waals surface area contributed by atoms with Gasteiger partial charge in [0.1, 0.15) is 53.8 Å². The third-order valence-electron chi connectivity index (χ3n) is 12.7. The van der Waals surface area contributed by atoms with E-state index in [2.05, 4.69) is 41.9 Å². The summed E-state index contributed by atoms with van der Waals surface area (Å²) in [5.74, 6) is -8.97. The van der Waals surface area contributed by atoms with Crippen LogP contribution in [0.3, 0.4) is 0 Å². The predicted octanol–water partition coefficient (Wildman–Crippen LogP) is -1.70. The van der Waals surface area contributed by atoms with Gasteiger partial charge in [-0.15, -0.1) is 0 Å². The van der Waals surface area contributed by atoms with E-state index in [1.54, 1.807) is 36.6 Å². The minimum atomic E-state index is -1.59. The van der Waals surface area contributed by atoms with E-state index in [9.17, 15) is 63.3 Å². The molecule has 25 nitrogen and oxygen atoms in total. The molecule has 0 saturated carbocycles. The van der Waals surface area contributed by atoms with Crippen molar-refractivity contribution in [2.75, 3.05) is 18.6 Å². The topological polar surface area (TPSA) is 414 Å². The van der Waals surface area contributed by atoms with Crippen LogP contribution in [0.2, 0.25) is 0 Å². The van der Waals surface area contributed by atoms with Crippen molar-refractivity contribution < 1.29 is 63.3 Å². The number of thioether (sulfide) groups is 1. The van der Waals surface area contributed by atoms with Crippen molar-refractivity contribution in [2.24, 2.45) is 17.2 Å². The lowest BCUT2D eigenvalue weighted by molar-refractivity contribution is -0.143. The number of nitrogens with one attached hydrogen (secondary N) is 7. The van der Waals surface area contributed by atoms with Gasteiger partial charge in [0.2, 0.25) is 53.2 Å². The van der Waals surface area contributed by atoms with Gasteiger partial charge in [0.05, 0.1) is 18.8 Å². The Morgan fingerprint density at radius 3 is 1.64 bits per heavy atom. The highest BCUT2D eigenvalue weighted by atomic mass is 32.2. The number of aromatic hydroxyl groups is 2. The Morgan fingerprint density at radius 2 is 1.14 bits per heavy atom. The molecule has 1 saturated heterocycles. The number of nitrogens with zero attached hydrogens (tertiary/aromatic N) is 2. The molecule has 0 unspecified atom stereocenters. The van der Waals surface area contributed by atoms with Crippen LogP contribution in [0.15, 0.2) is 91.4 Å². The number of carbonyl (C=O) groups is 10. The van der Waals surface area contributed by atoms with Crippen LogP contribution in [0, 0.1) is 0 Å². The van der Waals surface area contributed by atoms with Gasteiger partial charge in [0.15, 0.2) is 0 Å². The zero-order valence-corrected chi connectivity index (χ0v) is 43.5. The Kier molecular flexibility index (Phi) is 23.0. The maximum Gasteiger partial charge on any atom is 0.326 e. The molecule has 0 radical (unpaired) electrons. The molecule has 16 N–H and O–H groups in total. The standard InChI is InChI=1S/C52H66N12O13S/c1-78-21-19-36(58-45(69)35(53)25-32-27-56-28-57-32)46(70)63-41(26-44(55)68)51(75)64-20-5-8-42(64)50(74)62-40(22-29-6-3-2-4-7-29)49(73)61-39(24-31-11-15-34(66)16-12-31)48(72)60-38(23-30-9-13-33(65)14-10-30)47(71)59-37(52(76)77)17-18-43(54)67/h2-4,6-7,9-16,27-28,35-42,65-66H,5,8,17-26,53H2,1H3,(H2,54,67)(H2,55,68)(H,56,57)(H,58,69)(H,59,71)(H,60,72)(H,61,73)(H,62,74)(H,63,70)(H,76,77)/t35-,36-,37-,38-,39-,40-,41-,42+/m1/s1. The second-order valence-electron chi connectivity index (χ2n) is 18.7. The van der Waals surface area contributed by atoms with Gasteiger partial charge in [-0.2, -0.15) is 11.8 Å². The Bertz CT molecular complexity index is 2720. The molecule has 0 spiro atoms. The number of primary amides is 2. The molecule has 78 heavy (non-hydrogen) atoms. The fourth-order valence-electron chi connectivity index (χ4n) is 8.53. The van der Waals surface area contributed by atoms with Crippen molar-refractivity contribution in [3.63, 3.8) is 0 Å². The molecular formula is C52H66N12O13S. The van der Waals surface area contributed by atoms with E-state index in [1.807, 2.05) is 0 Å². The second-order valence-corrected chi connectivity index (χ2v) is 19.7. The fourth-order valence-corrected chi connectivity index (χ4v) is 9.00. The lowest BCUT2D eigenvalue weighted by atomic mass is 10.0. The zero-order valence-electron chi connectivity index (χ0n) is 42.7. The lowest BCUT2D eigenvalue weighted by Gasteiger charge is -2.31. The van der Waals surface area contributed by atoms with Gasteiger partial charge in [0, 0.05) is 50.5 Å². The number of hydrogen-bond donors (Lipinski definition) is 13. The van der Waals surface area contributed by atoms with Crippen LogP contribution >= 0.6 is 11.8 Å². The molecule has 0 aliphatic carbocycles. The first-order chi connectivity index (χ1) is 37.2. The zero-order chi connectivity index (χ0) is 56.9. The number of aliphatic carboxylic acids is 1. The van der Waals surface area contributed by atoms with Gasteiger partial charge in [-0.05, 0) is 78.6 Å². The van der Waals surface area contributed by atoms with E-state index < -0.39 is 114 Å². The number of aromatic nitrogens is 2. The third kappa shape index (κ3) is 18.9. The summed E-state index contributed by atoms with van der Waals surface area (Å²) in [4.78, 5) is 143. The number of phenols is 2. The number of carboxylic acid groups (broad SMARTS) is 1. The summed E-state index contributed by atoms with van der Waals surface area (Å²) in [7, 11) is 0. The summed E-state index contributed by atoms with van der Waals surface area (Å²) in [5.41, 5.74) is 18.9. The molecule has 1 fully saturated rings. The number of hydrogen-bond acceptors (Lipinski definition) is 15. The summed E-state index contributed by atoms with van der Waals surface area (Å²) in [6, 6.07) is 8.65. The van der Waals surface area contributed by atoms with Crippen LogP contribution in [0.1, 0.15) is 60.9 Å². The molecule has 1 aromatic heterocycles. The van der Waals surface area contributed by atoms with E-state index in [0.717, 1.165) is 0 Å². The molecule has 4 aromatic rings. The summed E-state index contributed by atoms with van der Waals surface area (Å²) in [6.07, 6.45) is 3.24. The average Bonchev–Trinajstić information content (AvgIpc) is 4.12. The number of imidazole rings is 1. The number of aromatic amines is 1. The van der Waals surface area contributed by atoms with Crippen molar-refractivity contribution in [1.29, 1.82) is 0 Å². The van der Waals surface area contributed by atoms with Crippen LogP contribution in [0.4, 0.5) is 0 Å². The molecule has 1 aliphatic heterocycles. The molecule has 2 heterocycles. The molecule has 5 rings (SSSR count). The maximum absolute atomic E-state index is 14.7. The highest BCUT2D eigenvalue weighted by molar-refractivity contribution is 7.98. The van der Waals surface area contributed by atoms with Crippen molar-refractivity contribution in [3.8, 4) is 11.5 Å². The van der Waals surface area contributed by atoms with Crippen LogP contribution < -0.4 is 49.1 Å². The number of H-pyrrole nitrogens is 1. The molecular weight excluding hydrogens is 1030 g/mol. The van der Waals surface area contributed by atoms with E-state index in [0.29, 0.717) is 34.6 Å². The molecule has 9 amide bonds. The average molecular weight is 1100 g/mol. The van der Waals surface area contributed by atoms with E-state index in [-0.39, 0.29) is 69.4 Å². The molecule has 26 heteroatoms. The summed E-state index contributed by atoms with van der Waals surface area (Å²) in [6.45, 7) is -0.00118. The van der Waals surface area contributed by atoms with E-state index >= 15 is 0 Å². The Hall–Kier alpha value is -8.52. The monoisotopic (exact) mass is 1100 g/mol. The number of likely N-dealkylation sites (tertiary alicyclic amines) is 1. The minimum absolute atomic E-state index is 0.00118. The quantitative estimate of drug-likeness (QED) is 0.0277. The van der Waals surface area contributed by atoms with Gasteiger partial charge in [-0.3, -0.25) is 43.2 Å². The summed E-state index contributed by atoms with van der Waals surface area (Å²) >= 11 is 1.39. The van der Waals surface area contributed by atoms with E-state index in [4.69, 9.17) is 17.2 Å². The van der Waals surface area contributed by atoms with Crippen molar-refractivity contribution in [1.82, 2.24) is 46.8 Å².